The maximum absolute atomic E-state index is 9.33. The number of carbonyl (C=O) groups is 2. The van der Waals surface area contributed by atoms with Gasteiger partial charge in [-0.15, -0.1) is 0 Å². The second-order valence-electron chi connectivity index (χ2n) is 1.40. The summed E-state index contributed by atoms with van der Waals surface area (Å²) in [4.78, 5) is 18.7. The van der Waals surface area contributed by atoms with Crippen molar-refractivity contribution in [1.82, 2.24) is 0 Å². The predicted octanol–water partition coefficient (Wildman–Crippen LogP) is 0.816. The first-order valence-corrected chi connectivity index (χ1v) is 2.12. The Balaban J connectivity index is -0.0000000720. The average Bonchev–Trinajstić information content (AvgIpc) is 1.25. The molecule has 0 aromatic rings. The predicted molar refractivity (Wildman–Crippen MR) is 32.1 cm³/mol. The topological polar surface area (TPSA) is 34.1 Å². The van der Waals surface area contributed by atoms with Crippen LogP contribution in [-0.4, -0.2) is 11.6 Å². The van der Waals surface area contributed by atoms with E-state index < -0.39 is 0 Å². The van der Waals surface area contributed by atoms with Gasteiger partial charge in [0, 0.05) is 0 Å². The van der Waals surface area contributed by atoms with Crippen LogP contribution in [0.15, 0.2) is 0 Å². The summed E-state index contributed by atoms with van der Waals surface area (Å²) in [5.41, 5.74) is 0. The Labute approximate surface area is 65.9 Å². The van der Waals surface area contributed by atoms with Crippen molar-refractivity contribution in [3.8, 4) is 0 Å². The summed E-state index contributed by atoms with van der Waals surface area (Å²) in [6, 6.07) is 0. The molecule has 0 bridgehead atoms. The molecule has 0 spiro atoms. The van der Waals surface area contributed by atoms with Crippen molar-refractivity contribution in [2.75, 3.05) is 0 Å². The quantitative estimate of drug-likeness (QED) is 0.401. The van der Waals surface area contributed by atoms with Crippen molar-refractivity contribution < 1.29 is 26.1 Å². The van der Waals surface area contributed by atoms with Crippen LogP contribution in [0.5, 0.6) is 0 Å². The molecule has 56 valence electrons. The van der Waals surface area contributed by atoms with Gasteiger partial charge in [-0.1, -0.05) is 0 Å². The second-order valence-corrected chi connectivity index (χ2v) is 1.40. The van der Waals surface area contributed by atoms with Gasteiger partial charge >= 0.3 is 16.5 Å². The molecule has 0 radical (unpaired) electrons. The maximum Gasteiger partial charge on any atom is 2.00 e. The van der Waals surface area contributed by atoms with Crippen LogP contribution in [-0.2, 0) is 26.1 Å². The zero-order valence-electron chi connectivity index (χ0n) is 5.55. The minimum Gasteiger partial charge on any atom is -0.340 e. The fourth-order valence-electron chi connectivity index (χ4n) is 0. The van der Waals surface area contributed by atoms with Gasteiger partial charge < -0.3 is 23.4 Å². The summed E-state index contributed by atoms with van der Waals surface area (Å²) in [6.45, 7) is 8.83. The van der Waals surface area contributed by atoms with Gasteiger partial charge in [-0.3, -0.25) is 0 Å². The van der Waals surface area contributed by atoms with Crippen molar-refractivity contribution in [1.29, 1.82) is 0 Å². The van der Waals surface area contributed by atoms with Crippen LogP contribution in [0.25, 0.3) is 0 Å². The van der Waals surface area contributed by atoms with E-state index in [0.29, 0.717) is 0 Å². The summed E-state index contributed by atoms with van der Waals surface area (Å²) in [5.74, 6) is -0.167. The molecule has 0 rings (SSSR count). The van der Waals surface area contributed by atoms with E-state index in [4.69, 9.17) is 0 Å². The minimum atomic E-state index is -0.0833. The Morgan fingerprint density at radius 2 is 1.00 bits per heavy atom. The van der Waals surface area contributed by atoms with Gasteiger partial charge in [-0.2, -0.15) is 0 Å². The monoisotopic (exact) mass is 172 g/mol. The van der Waals surface area contributed by atoms with Gasteiger partial charge in [0.15, 0.2) is 0 Å². The van der Waals surface area contributed by atoms with Crippen LogP contribution in [0.2, 0.25) is 0 Å². The second kappa shape index (κ2) is 10.5. The molecule has 0 aliphatic carbocycles. The molecule has 0 unspecified atom stereocenters. The molecule has 0 saturated heterocycles. The Kier molecular flexibility index (Phi) is 18.5. The van der Waals surface area contributed by atoms with Crippen LogP contribution in [0.4, 0.5) is 0 Å². The molecule has 0 amide bonds. The average molecular weight is 173 g/mol. The summed E-state index contributed by atoms with van der Waals surface area (Å²) < 4.78 is 0. The molecular formula is C6H10NiO2. The fraction of sp³-hybridized carbons (Fsp3) is 0.333. The summed E-state index contributed by atoms with van der Waals surface area (Å²) in [6.07, 6.45) is 0. The minimum absolute atomic E-state index is 0. The van der Waals surface area contributed by atoms with E-state index in [2.05, 4.69) is 13.8 Å². The van der Waals surface area contributed by atoms with Crippen LogP contribution in [0.1, 0.15) is 13.8 Å². The Morgan fingerprint density at radius 1 is 1.00 bits per heavy atom. The SMILES string of the molecule is [CH2-]C(C)=O.[CH2-]C(C)=O.[Ni+2]. The van der Waals surface area contributed by atoms with Crippen molar-refractivity contribution in [3.63, 3.8) is 0 Å². The molecule has 0 aliphatic rings. The Morgan fingerprint density at radius 3 is 1.00 bits per heavy atom. The molecule has 9 heavy (non-hydrogen) atoms. The van der Waals surface area contributed by atoms with Crippen molar-refractivity contribution in [3.05, 3.63) is 13.8 Å². The molecule has 3 heteroatoms. The maximum atomic E-state index is 9.33. The summed E-state index contributed by atoms with van der Waals surface area (Å²) in [7, 11) is 0. The molecule has 0 heterocycles. The van der Waals surface area contributed by atoms with E-state index in [1.54, 1.807) is 0 Å². The van der Waals surface area contributed by atoms with E-state index >= 15 is 0 Å². The van der Waals surface area contributed by atoms with Crippen molar-refractivity contribution in [2.45, 2.75) is 13.8 Å². The third kappa shape index (κ3) is 1290. The first kappa shape index (κ1) is 15.8. The van der Waals surface area contributed by atoms with E-state index in [0.717, 1.165) is 0 Å². The fourth-order valence-corrected chi connectivity index (χ4v) is 0. The third-order valence-electron chi connectivity index (χ3n) is 0. The van der Waals surface area contributed by atoms with Crippen molar-refractivity contribution >= 4 is 11.6 Å². The molecule has 0 fully saturated rings. The molecule has 0 saturated carbocycles. The molecule has 0 N–H and O–H groups in total. The van der Waals surface area contributed by atoms with Gasteiger partial charge in [-0.25, -0.2) is 0 Å². The van der Waals surface area contributed by atoms with E-state index in [1.807, 2.05) is 0 Å². The van der Waals surface area contributed by atoms with Gasteiger partial charge in [0.2, 0.25) is 0 Å². The van der Waals surface area contributed by atoms with Crippen LogP contribution in [0.3, 0.4) is 0 Å². The zero-order chi connectivity index (χ0) is 7.15. The summed E-state index contributed by atoms with van der Waals surface area (Å²) >= 11 is 0. The van der Waals surface area contributed by atoms with E-state index in [-0.39, 0.29) is 28.1 Å². The van der Waals surface area contributed by atoms with Gasteiger partial charge in [-0.05, 0) is 25.4 Å². The molecule has 0 aliphatic heterocycles. The summed E-state index contributed by atoms with van der Waals surface area (Å²) in [5, 5.41) is 0. The molecule has 0 atom stereocenters. The number of ketones is 2. The van der Waals surface area contributed by atoms with E-state index in [1.165, 1.54) is 13.8 Å². The van der Waals surface area contributed by atoms with Crippen LogP contribution < -0.4 is 0 Å². The Hall–Kier alpha value is -0.426. The smallest absolute Gasteiger partial charge is 0.340 e. The molecular weight excluding hydrogens is 163 g/mol. The molecule has 2 nitrogen and oxygen atoms in total. The van der Waals surface area contributed by atoms with Gasteiger partial charge in [0.05, 0.1) is 0 Å². The molecule has 0 aromatic carbocycles. The number of carbonyl (C=O) groups excluding carboxylic acids is 2. The van der Waals surface area contributed by atoms with Gasteiger partial charge in [0.1, 0.15) is 0 Å². The molecule has 0 aromatic heterocycles. The number of hydrogen-bond donors (Lipinski definition) is 0. The van der Waals surface area contributed by atoms with Crippen LogP contribution in [0, 0.1) is 13.8 Å². The number of Topliss-reactive ketones (excluding diaryl/α,β-unsaturated/α-hetero) is 2. The zero-order valence-corrected chi connectivity index (χ0v) is 6.53. The first-order chi connectivity index (χ1) is 3.46. The first-order valence-electron chi connectivity index (χ1n) is 2.12. The third-order valence-corrected chi connectivity index (χ3v) is 0. The van der Waals surface area contributed by atoms with Crippen molar-refractivity contribution in [2.24, 2.45) is 0 Å². The van der Waals surface area contributed by atoms with E-state index in [9.17, 15) is 9.59 Å². The Bertz CT molecular complexity index is 69.1. The number of rotatable bonds is 0. The standard InChI is InChI=1S/2C3H5O.Ni/c2*1-3(2)4;/h2*1H2,2H3;/q2*-1;+2. The van der Waals surface area contributed by atoms with Crippen LogP contribution >= 0.6 is 0 Å². The number of hydrogen-bond acceptors (Lipinski definition) is 2. The van der Waals surface area contributed by atoms with Gasteiger partial charge in [0.25, 0.3) is 0 Å². The largest absolute Gasteiger partial charge is 2.00 e. The normalized spacial score (nSPS) is 5.56.